The first-order valence-electron chi connectivity index (χ1n) is 7.81. The maximum absolute atomic E-state index is 11.6. The van der Waals surface area contributed by atoms with Gasteiger partial charge in [-0.3, -0.25) is 4.79 Å². The van der Waals surface area contributed by atoms with E-state index in [1.54, 1.807) is 6.33 Å². The maximum atomic E-state index is 11.6. The van der Waals surface area contributed by atoms with Crippen LogP contribution in [0.3, 0.4) is 0 Å². The van der Waals surface area contributed by atoms with E-state index in [1.807, 2.05) is 13.8 Å². The van der Waals surface area contributed by atoms with Crippen LogP contribution >= 0.6 is 0 Å². The molecule has 0 radical (unpaired) electrons. The fraction of sp³-hybridized carbons (Fsp3) is 0.667. The fourth-order valence-corrected chi connectivity index (χ4v) is 2.02. The standard InChI is InChI=1S/C15H27N5O/c1-4-7-12-14(16-6-3)19-11-20-15(12)18-10-8-13(21)17-9-5-2/h11H,4-10H2,1-3H3,(H,17,21)(H2,16,18,19,20). The van der Waals surface area contributed by atoms with E-state index in [0.29, 0.717) is 13.0 Å². The zero-order chi connectivity index (χ0) is 15.5. The van der Waals surface area contributed by atoms with Crippen LogP contribution in [0.2, 0.25) is 0 Å². The summed E-state index contributed by atoms with van der Waals surface area (Å²) >= 11 is 0. The topological polar surface area (TPSA) is 78.9 Å². The smallest absolute Gasteiger partial charge is 0.221 e. The molecule has 0 fully saturated rings. The number of anilines is 2. The molecule has 0 spiro atoms. The van der Waals surface area contributed by atoms with Gasteiger partial charge in [0.1, 0.15) is 18.0 Å². The second-order valence-electron chi connectivity index (χ2n) is 4.86. The Labute approximate surface area is 127 Å². The predicted octanol–water partition coefficient (Wildman–Crippen LogP) is 2.19. The minimum absolute atomic E-state index is 0.0716. The summed E-state index contributed by atoms with van der Waals surface area (Å²) in [5, 5.41) is 9.38. The third kappa shape index (κ3) is 5.97. The van der Waals surface area contributed by atoms with E-state index in [4.69, 9.17) is 0 Å². The normalized spacial score (nSPS) is 10.2. The quantitative estimate of drug-likeness (QED) is 0.616. The molecule has 0 aromatic carbocycles. The molecule has 0 saturated carbocycles. The number of hydrogen-bond donors (Lipinski definition) is 3. The largest absolute Gasteiger partial charge is 0.370 e. The summed E-state index contributed by atoms with van der Waals surface area (Å²) in [6, 6.07) is 0. The number of carbonyl (C=O) groups excluding carboxylic acids is 1. The van der Waals surface area contributed by atoms with Gasteiger partial charge in [0, 0.05) is 31.6 Å². The van der Waals surface area contributed by atoms with Crippen LogP contribution in [0.4, 0.5) is 11.6 Å². The van der Waals surface area contributed by atoms with E-state index in [9.17, 15) is 4.79 Å². The predicted molar refractivity (Wildman–Crippen MR) is 86.6 cm³/mol. The Balaban J connectivity index is 2.61. The van der Waals surface area contributed by atoms with Crippen molar-refractivity contribution in [2.75, 3.05) is 30.3 Å². The highest BCUT2D eigenvalue weighted by molar-refractivity contribution is 5.76. The SMILES string of the molecule is CCCNC(=O)CCNc1ncnc(NCC)c1CCC. The molecule has 118 valence electrons. The van der Waals surface area contributed by atoms with E-state index in [-0.39, 0.29) is 5.91 Å². The van der Waals surface area contributed by atoms with Crippen LogP contribution in [-0.4, -0.2) is 35.5 Å². The lowest BCUT2D eigenvalue weighted by molar-refractivity contribution is -0.120. The Morgan fingerprint density at radius 2 is 1.76 bits per heavy atom. The van der Waals surface area contributed by atoms with Crippen LogP contribution in [-0.2, 0) is 11.2 Å². The van der Waals surface area contributed by atoms with Crippen molar-refractivity contribution in [1.29, 1.82) is 0 Å². The van der Waals surface area contributed by atoms with Crippen LogP contribution in [0, 0.1) is 0 Å². The van der Waals surface area contributed by atoms with Crippen molar-refractivity contribution in [3.8, 4) is 0 Å². The number of amides is 1. The molecular formula is C15H27N5O. The monoisotopic (exact) mass is 293 g/mol. The average Bonchev–Trinajstić information content (AvgIpc) is 2.48. The van der Waals surface area contributed by atoms with E-state index >= 15 is 0 Å². The van der Waals surface area contributed by atoms with Gasteiger partial charge in [0.15, 0.2) is 0 Å². The highest BCUT2D eigenvalue weighted by Gasteiger charge is 2.10. The third-order valence-corrected chi connectivity index (χ3v) is 3.01. The Kier molecular flexibility index (Phi) is 8.16. The Bertz CT molecular complexity index is 436. The molecule has 1 heterocycles. The molecule has 0 unspecified atom stereocenters. The van der Waals surface area contributed by atoms with Gasteiger partial charge >= 0.3 is 0 Å². The Morgan fingerprint density at radius 3 is 2.38 bits per heavy atom. The van der Waals surface area contributed by atoms with Gasteiger partial charge in [-0.05, 0) is 19.8 Å². The van der Waals surface area contributed by atoms with Gasteiger partial charge in [-0.25, -0.2) is 9.97 Å². The number of rotatable bonds is 10. The molecule has 1 aromatic rings. The summed E-state index contributed by atoms with van der Waals surface area (Å²) in [7, 11) is 0. The number of nitrogens with zero attached hydrogens (tertiary/aromatic N) is 2. The molecule has 0 bridgehead atoms. The summed E-state index contributed by atoms with van der Waals surface area (Å²) in [6.45, 7) is 8.35. The zero-order valence-corrected chi connectivity index (χ0v) is 13.3. The fourth-order valence-electron chi connectivity index (χ4n) is 2.02. The number of aromatic nitrogens is 2. The molecule has 1 aromatic heterocycles. The molecule has 0 aliphatic heterocycles. The number of hydrogen-bond acceptors (Lipinski definition) is 5. The van der Waals surface area contributed by atoms with Gasteiger partial charge in [-0.2, -0.15) is 0 Å². The summed E-state index contributed by atoms with van der Waals surface area (Å²) in [4.78, 5) is 20.2. The lowest BCUT2D eigenvalue weighted by atomic mass is 10.1. The van der Waals surface area contributed by atoms with Crippen molar-refractivity contribution < 1.29 is 4.79 Å². The van der Waals surface area contributed by atoms with E-state index in [0.717, 1.165) is 49.6 Å². The summed E-state index contributed by atoms with van der Waals surface area (Å²) < 4.78 is 0. The molecule has 21 heavy (non-hydrogen) atoms. The van der Waals surface area contributed by atoms with Gasteiger partial charge in [-0.1, -0.05) is 20.3 Å². The minimum atomic E-state index is 0.0716. The van der Waals surface area contributed by atoms with Crippen molar-refractivity contribution >= 4 is 17.5 Å². The van der Waals surface area contributed by atoms with E-state index in [2.05, 4.69) is 32.8 Å². The van der Waals surface area contributed by atoms with Gasteiger partial charge in [0.2, 0.25) is 5.91 Å². The molecule has 6 heteroatoms. The van der Waals surface area contributed by atoms with E-state index < -0.39 is 0 Å². The van der Waals surface area contributed by atoms with Crippen molar-refractivity contribution in [1.82, 2.24) is 15.3 Å². The van der Waals surface area contributed by atoms with Crippen LogP contribution in [0.15, 0.2) is 6.33 Å². The van der Waals surface area contributed by atoms with Gasteiger partial charge in [0.25, 0.3) is 0 Å². The first-order chi connectivity index (χ1) is 10.2. The number of carbonyl (C=O) groups is 1. The molecular weight excluding hydrogens is 266 g/mol. The van der Waals surface area contributed by atoms with E-state index in [1.165, 1.54) is 0 Å². The van der Waals surface area contributed by atoms with Crippen LogP contribution in [0.25, 0.3) is 0 Å². The second-order valence-corrected chi connectivity index (χ2v) is 4.86. The van der Waals surface area contributed by atoms with Crippen molar-refractivity contribution in [2.45, 2.75) is 46.5 Å². The van der Waals surface area contributed by atoms with Crippen LogP contribution in [0.1, 0.15) is 45.6 Å². The molecule has 0 saturated heterocycles. The van der Waals surface area contributed by atoms with Crippen molar-refractivity contribution in [3.05, 3.63) is 11.9 Å². The first-order valence-corrected chi connectivity index (χ1v) is 7.81. The average molecular weight is 293 g/mol. The van der Waals surface area contributed by atoms with Gasteiger partial charge < -0.3 is 16.0 Å². The van der Waals surface area contributed by atoms with Gasteiger partial charge in [0.05, 0.1) is 0 Å². The van der Waals surface area contributed by atoms with Crippen molar-refractivity contribution in [2.24, 2.45) is 0 Å². The molecule has 0 atom stereocenters. The first kappa shape index (κ1) is 17.2. The Morgan fingerprint density at radius 1 is 1.05 bits per heavy atom. The lowest BCUT2D eigenvalue weighted by Crippen LogP contribution is -2.26. The molecule has 0 aliphatic rings. The van der Waals surface area contributed by atoms with Crippen LogP contribution < -0.4 is 16.0 Å². The summed E-state index contributed by atoms with van der Waals surface area (Å²) in [5.74, 6) is 1.78. The zero-order valence-electron chi connectivity index (χ0n) is 13.3. The molecule has 1 amide bonds. The maximum Gasteiger partial charge on any atom is 0.221 e. The Hall–Kier alpha value is -1.85. The highest BCUT2D eigenvalue weighted by atomic mass is 16.1. The molecule has 6 nitrogen and oxygen atoms in total. The summed E-state index contributed by atoms with van der Waals surface area (Å²) in [5.41, 5.74) is 1.09. The van der Waals surface area contributed by atoms with Crippen molar-refractivity contribution in [3.63, 3.8) is 0 Å². The summed E-state index contributed by atoms with van der Waals surface area (Å²) in [6.07, 6.45) is 4.89. The molecule has 1 rings (SSSR count). The number of nitrogens with one attached hydrogen (secondary N) is 3. The van der Waals surface area contributed by atoms with Crippen LogP contribution in [0.5, 0.6) is 0 Å². The lowest BCUT2D eigenvalue weighted by Gasteiger charge is -2.14. The molecule has 3 N–H and O–H groups in total. The molecule has 0 aliphatic carbocycles. The van der Waals surface area contributed by atoms with Gasteiger partial charge in [-0.15, -0.1) is 0 Å². The minimum Gasteiger partial charge on any atom is -0.370 e. The second kappa shape index (κ2) is 9.96. The third-order valence-electron chi connectivity index (χ3n) is 3.01. The highest BCUT2D eigenvalue weighted by Crippen LogP contribution is 2.21.